The van der Waals surface area contributed by atoms with E-state index in [1.807, 2.05) is 18.2 Å². The average Bonchev–Trinajstić information content (AvgIpc) is 2.63. The third-order valence-corrected chi connectivity index (χ3v) is 5.96. The van der Waals surface area contributed by atoms with Gasteiger partial charge in [-0.2, -0.15) is 0 Å². The van der Waals surface area contributed by atoms with E-state index in [0.717, 1.165) is 5.69 Å². The quantitative estimate of drug-likeness (QED) is 0.620. The number of rotatable bonds is 5. The highest BCUT2D eigenvalue weighted by Crippen LogP contribution is 2.25. The first-order valence-electron chi connectivity index (χ1n) is 9.07. The number of benzene rings is 2. The minimum Gasteiger partial charge on any atom is -0.340 e. The summed E-state index contributed by atoms with van der Waals surface area (Å²) in [6, 6.07) is 18.5. The van der Waals surface area contributed by atoms with Crippen LogP contribution in [0.25, 0.3) is 0 Å². The van der Waals surface area contributed by atoms with Gasteiger partial charge in [0.2, 0.25) is 0 Å². The summed E-state index contributed by atoms with van der Waals surface area (Å²) in [6.45, 7) is 8.29. The second-order valence-electron chi connectivity index (χ2n) is 7.76. The van der Waals surface area contributed by atoms with E-state index in [1.165, 1.54) is 11.8 Å². The highest BCUT2D eigenvalue weighted by molar-refractivity contribution is 7.92. The number of hydrogen-bond acceptors (Lipinski definition) is 4. The van der Waals surface area contributed by atoms with Crippen molar-refractivity contribution in [1.82, 2.24) is 4.98 Å². The predicted molar refractivity (Wildman–Crippen MR) is 115 cm³/mol. The summed E-state index contributed by atoms with van der Waals surface area (Å²) >= 11 is 0. The van der Waals surface area contributed by atoms with Crippen molar-refractivity contribution in [3.8, 4) is 0 Å². The molecule has 0 radical (unpaired) electrons. The Labute approximate surface area is 166 Å². The van der Waals surface area contributed by atoms with Crippen LogP contribution < -0.4 is 10.0 Å². The van der Waals surface area contributed by atoms with Crippen molar-refractivity contribution in [2.45, 2.75) is 38.0 Å². The summed E-state index contributed by atoms with van der Waals surface area (Å²) in [5.74, 6) is 0.641. The maximum absolute atomic E-state index is 12.6. The molecule has 3 aromatic rings. The number of anilines is 3. The van der Waals surface area contributed by atoms with Gasteiger partial charge in [0, 0.05) is 5.69 Å². The van der Waals surface area contributed by atoms with Crippen molar-refractivity contribution in [2.24, 2.45) is 0 Å². The molecule has 0 saturated carbocycles. The van der Waals surface area contributed by atoms with Gasteiger partial charge < -0.3 is 5.32 Å². The maximum atomic E-state index is 12.6. The van der Waals surface area contributed by atoms with E-state index in [1.54, 1.807) is 37.3 Å². The molecule has 0 atom stereocenters. The molecule has 0 unspecified atom stereocenters. The molecule has 2 N–H and O–H groups in total. The first-order valence-corrected chi connectivity index (χ1v) is 10.6. The van der Waals surface area contributed by atoms with Crippen molar-refractivity contribution in [2.75, 3.05) is 10.0 Å². The molecule has 1 heterocycles. The molecule has 2 aromatic carbocycles. The lowest BCUT2D eigenvalue weighted by atomic mass is 9.87. The molecule has 0 aliphatic heterocycles. The van der Waals surface area contributed by atoms with Crippen LogP contribution >= 0.6 is 0 Å². The lowest BCUT2D eigenvalue weighted by Gasteiger charge is -2.19. The van der Waals surface area contributed by atoms with Crippen LogP contribution in [0.2, 0.25) is 0 Å². The Kier molecular flexibility index (Phi) is 5.42. The Morgan fingerprint density at radius 3 is 2.07 bits per heavy atom. The fourth-order valence-electron chi connectivity index (χ4n) is 2.80. The summed E-state index contributed by atoms with van der Waals surface area (Å²) < 4.78 is 27.7. The van der Waals surface area contributed by atoms with E-state index in [9.17, 15) is 8.42 Å². The van der Waals surface area contributed by atoms with E-state index in [-0.39, 0.29) is 10.3 Å². The van der Waals surface area contributed by atoms with Gasteiger partial charge in [0.15, 0.2) is 0 Å². The smallest absolute Gasteiger partial charge is 0.262 e. The van der Waals surface area contributed by atoms with Gasteiger partial charge in [0.05, 0.1) is 16.8 Å². The third-order valence-electron chi connectivity index (χ3n) is 4.42. The minimum absolute atomic E-state index is 0.104. The van der Waals surface area contributed by atoms with Crippen LogP contribution in [0.3, 0.4) is 0 Å². The van der Waals surface area contributed by atoms with Crippen molar-refractivity contribution in [3.63, 3.8) is 0 Å². The van der Waals surface area contributed by atoms with Crippen LogP contribution in [-0.4, -0.2) is 13.4 Å². The molecule has 0 aliphatic rings. The van der Waals surface area contributed by atoms with Crippen LogP contribution in [0, 0.1) is 6.92 Å². The number of aryl methyl sites for hydroxylation is 1. The van der Waals surface area contributed by atoms with Crippen molar-refractivity contribution < 1.29 is 8.42 Å². The molecule has 146 valence electrons. The predicted octanol–water partition coefficient (Wildman–Crippen LogP) is 5.23. The first kappa shape index (κ1) is 19.9. The summed E-state index contributed by atoms with van der Waals surface area (Å²) in [6.07, 6.45) is 1.50. The van der Waals surface area contributed by atoms with Crippen LogP contribution in [0.1, 0.15) is 31.9 Å². The molecule has 5 nitrogen and oxygen atoms in total. The second-order valence-corrected chi connectivity index (χ2v) is 9.41. The van der Waals surface area contributed by atoms with Crippen LogP contribution in [0.5, 0.6) is 0 Å². The van der Waals surface area contributed by atoms with Gasteiger partial charge in [-0.1, -0.05) is 51.1 Å². The van der Waals surface area contributed by atoms with Gasteiger partial charge in [0.25, 0.3) is 10.0 Å². The van der Waals surface area contributed by atoms with E-state index >= 15 is 0 Å². The molecule has 0 fully saturated rings. The second kappa shape index (κ2) is 7.64. The molecule has 3 rings (SSSR count). The Morgan fingerprint density at radius 1 is 0.857 bits per heavy atom. The highest BCUT2D eigenvalue weighted by atomic mass is 32.2. The Balaban J connectivity index is 1.71. The van der Waals surface area contributed by atoms with Gasteiger partial charge in [-0.3, -0.25) is 4.72 Å². The zero-order chi connectivity index (χ0) is 20.4. The molecule has 1 aromatic heterocycles. The highest BCUT2D eigenvalue weighted by Gasteiger charge is 2.16. The summed E-state index contributed by atoms with van der Waals surface area (Å²) in [7, 11) is -3.64. The van der Waals surface area contributed by atoms with Crippen LogP contribution in [-0.2, 0) is 15.4 Å². The number of hydrogen-bond donors (Lipinski definition) is 2. The number of aromatic nitrogens is 1. The first-order chi connectivity index (χ1) is 13.1. The van der Waals surface area contributed by atoms with E-state index in [2.05, 4.69) is 47.9 Å². The van der Waals surface area contributed by atoms with E-state index in [4.69, 9.17) is 0 Å². The molecule has 28 heavy (non-hydrogen) atoms. The van der Waals surface area contributed by atoms with Crippen LogP contribution in [0.4, 0.5) is 17.2 Å². The zero-order valence-electron chi connectivity index (χ0n) is 16.5. The Bertz CT molecular complexity index is 1050. The fraction of sp³-hybridized carbons (Fsp3) is 0.227. The monoisotopic (exact) mass is 395 g/mol. The molecule has 0 spiro atoms. The number of nitrogens with one attached hydrogen (secondary N) is 2. The van der Waals surface area contributed by atoms with E-state index < -0.39 is 10.0 Å². The summed E-state index contributed by atoms with van der Waals surface area (Å²) in [4.78, 5) is 4.57. The van der Waals surface area contributed by atoms with Gasteiger partial charge >= 0.3 is 0 Å². The Morgan fingerprint density at radius 2 is 1.50 bits per heavy atom. The number of nitrogens with zero attached hydrogens (tertiary/aromatic N) is 1. The molecular weight excluding hydrogens is 370 g/mol. The third kappa shape index (κ3) is 4.70. The van der Waals surface area contributed by atoms with Gasteiger partial charge in [-0.05, 0) is 53.8 Å². The van der Waals surface area contributed by atoms with Gasteiger partial charge in [-0.15, -0.1) is 0 Å². The number of sulfonamides is 1. The summed E-state index contributed by atoms with van der Waals surface area (Å²) in [5.41, 5.74) is 3.39. The average molecular weight is 396 g/mol. The molecule has 0 amide bonds. The molecule has 6 heteroatoms. The molecule has 0 aliphatic carbocycles. The normalized spacial score (nSPS) is 11.9. The van der Waals surface area contributed by atoms with Crippen LogP contribution in [0.15, 0.2) is 71.8 Å². The lowest BCUT2D eigenvalue weighted by Crippen LogP contribution is -2.14. The minimum atomic E-state index is -3.64. The SMILES string of the molecule is Cc1ccccc1S(=O)(=O)Nc1ccc(Nc2ccc(C(C)(C)C)cc2)nc1. The van der Waals surface area contributed by atoms with Crippen molar-refractivity contribution >= 4 is 27.2 Å². The standard InChI is InChI=1S/C22H25N3O2S/c1-16-7-5-6-8-20(16)28(26,27)25-19-13-14-21(23-15-19)24-18-11-9-17(10-12-18)22(2,3)4/h5-15,25H,1-4H3,(H,23,24). The topological polar surface area (TPSA) is 71.1 Å². The van der Waals surface area contributed by atoms with Crippen molar-refractivity contribution in [1.29, 1.82) is 0 Å². The van der Waals surface area contributed by atoms with Gasteiger partial charge in [-0.25, -0.2) is 13.4 Å². The largest absolute Gasteiger partial charge is 0.340 e. The molecule has 0 saturated heterocycles. The maximum Gasteiger partial charge on any atom is 0.262 e. The lowest BCUT2D eigenvalue weighted by molar-refractivity contribution is 0.590. The summed E-state index contributed by atoms with van der Waals surface area (Å²) in [5, 5.41) is 3.23. The fourth-order valence-corrected chi connectivity index (χ4v) is 4.09. The zero-order valence-corrected chi connectivity index (χ0v) is 17.3. The molecule has 0 bridgehead atoms. The van der Waals surface area contributed by atoms with E-state index in [0.29, 0.717) is 17.1 Å². The number of pyridine rings is 1. The molecular formula is C22H25N3O2S. The van der Waals surface area contributed by atoms with Gasteiger partial charge in [0.1, 0.15) is 5.82 Å². The van der Waals surface area contributed by atoms with Crippen molar-refractivity contribution in [3.05, 3.63) is 78.0 Å². The Hall–Kier alpha value is -2.86.